The maximum atomic E-state index is 13.6. The minimum absolute atomic E-state index is 0.0193. The molecule has 0 spiro atoms. The summed E-state index contributed by atoms with van der Waals surface area (Å²) in [5.41, 5.74) is 2.24. The van der Waals surface area contributed by atoms with Crippen molar-refractivity contribution in [2.45, 2.75) is 63.5 Å². The lowest BCUT2D eigenvalue weighted by atomic mass is 9.96. The van der Waals surface area contributed by atoms with Crippen LogP contribution in [0.15, 0.2) is 18.2 Å². The van der Waals surface area contributed by atoms with Gasteiger partial charge in [0, 0.05) is 57.5 Å². The van der Waals surface area contributed by atoms with Crippen LogP contribution in [0, 0.1) is 6.92 Å². The van der Waals surface area contributed by atoms with E-state index in [9.17, 15) is 18.0 Å². The minimum atomic E-state index is -4.41. The number of amides is 1. The molecule has 2 fully saturated rings. The molecular formula is C28H36F3N5O4. The Kier molecular flexibility index (Phi) is 8.48. The number of fused-ring (bicyclic) bond motifs is 1. The van der Waals surface area contributed by atoms with Gasteiger partial charge in [-0.15, -0.1) is 10.2 Å². The van der Waals surface area contributed by atoms with E-state index >= 15 is 0 Å². The standard InChI is InChI=1S/C28H36F3N5O4/c1-17-24(27(37)35-11-7-21(8-12-35)32-22-9-13-40-16-23(22)38-2)33-34-26(39-3)25(17)36-10-6-18-4-5-20(28(29,30)31)14-19(18)15-36/h4-5,14,21-23,32H,6-13,15-16H2,1-3H3/t22-,23+/m0/s1. The van der Waals surface area contributed by atoms with E-state index in [1.165, 1.54) is 13.2 Å². The molecule has 1 aromatic carbocycles. The third-order valence-electron chi connectivity index (χ3n) is 8.25. The van der Waals surface area contributed by atoms with Gasteiger partial charge in [-0.3, -0.25) is 4.79 Å². The van der Waals surface area contributed by atoms with Crippen LogP contribution in [0.2, 0.25) is 0 Å². The lowest BCUT2D eigenvalue weighted by molar-refractivity contribution is -0.137. The maximum Gasteiger partial charge on any atom is 0.416 e. The number of rotatable bonds is 6. The molecule has 0 bridgehead atoms. The fourth-order valence-electron chi connectivity index (χ4n) is 5.96. The summed E-state index contributed by atoms with van der Waals surface area (Å²) in [6.45, 7) is 5.05. The average Bonchev–Trinajstić information content (AvgIpc) is 2.96. The second-order valence-corrected chi connectivity index (χ2v) is 10.7. The second kappa shape index (κ2) is 11.9. The Labute approximate surface area is 232 Å². The molecule has 218 valence electrons. The number of methoxy groups -OCH3 is 2. The summed E-state index contributed by atoms with van der Waals surface area (Å²) in [7, 11) is 3.17. The number of piperidine rings is 1. The van der Waals surface area contributed by atoms with Crippen molar-refractivity contribution in [3.05, 3.63) is 46.1 Å². The SMILES string of the molecule is COc1nnc(C(=O)N2CCC(N[C@H]3CCOC[C@H]3OC)CC2)c(C)c1N1CCc2ccc(C(F)(F)F)cc2C1. The van der Waals surface area contributed by atoms with Crippen molar-refractivity contribution in [1.82, 2.24) is 20.4 Å². The molecule has 2 saturated heterocycles. The Morgan fingerprint density at radius 3 is 2.58 bits per heavy atom. The highest BCUT2D eigenvalue weighted by Crippen LogP contribution is 2.37. The molecule has 1 N–H and O–H groups in total. The quantitative estimate of drug-likeness (QED) is 0.573. The maximum absolute atomic E-state index is 13.6. The molecule has 3 aliphatic heterocycles. The van der Waals surface area contributed by atoms with Crippen LogP contribution in [0.5, 0.6) is 5.88 Å². The molecule has 1 amide bonds. The van der Waals surface area contributed by atoms with E-state index in [0.29, 0.717) is 56.1 Å². The van der Waals surface area contributed by atoms with Crippen LogP contribution in [-0.2, 0) is 28.6 Å². The van der Waals surface area contributed by atoms with Gasteiger partial charge in [-0.2, -0.15) is 13.2 Å². The van der Waals surface area contributed by atoms with E-state index in [4.69, 9.17) is 14.2 Å². The number of nitrogens with zero attached hydrogens (tertiary/aromatic N) is 4. The molecule has 5 rings (SSSR count). The van der Waals surface area contributed by atoms with Gasteiger partial charge in [0.05, 0.1) is 25.4 Å². The van der Waals surface area contributed by atoms with Crippen molar-refractivity contribution in [3.8, 4) is 5.88 Å². The normalized spacial score (nSPS) is 22.2. The first-order valence-corrected chi connectivity index (χ1v) is 13.7. The largest absolute Gasteiger partial charge is 0.478 e. The first-order chi connectivity index (χ1) is 19.2. The number of hydrogen-bond acceptors (Lipinski definition) is 8. The predicted octanol–water partition coefficient (Wildman–Crippen LogP) is 3.37. The van der Waals surface area contributed by atoms with E-state index < -0.39 is 11.7 Å². The lowest BCUT2D eigenvalue weighted by Gasteiger charge is -2.38. The number of benzene rings is 1. The molecule has 0 aliphatic carbocycles. The molecule has 9 nitrogen and oxygen atoms in total. The number of carbonyl (C=O) groups excluding carboxylic acids is 1. The van der Waals surface area contributed by atoms with E-state index in [-0.39, 0.29) is 42.2 Å². The molecule has 1 aromatic heterocycles. The zero-order valence-electron chi connectivity index (χ0n) is 23.1. The predicted molar refractivity (Wildman–Crippen MR) is 142 cm³/mol. The number of anilines is 1. The Balaban J connectivity index is 1.30. The summed E-state index contributed by atoms with van der Waals surface area (Å²) in [6, 6.07) is 4.39. The van der Waals surface area contributed by atoms with Gasteiger partial charge in [-0.05, 0) is 55.9 Å². The summed E-state index contributed by atoms with van der Waals surface area (Å²) in [4.78, 5) is 17.3. The second-order valence-electron chi connectivity index (χ2n) is 10.7. The molecule has 0 unspecified atom stereocenters. The summed E-state index contributed by atoms with van der Waals surface area (Å²) in [5, 5.41) is 12.1. The van der Waals surface area contributed by atoms with Crippen molar-refractivity contribution in [3.63, 3.8) is 0 Å². The summed E-state index contributed by atoms with van der Waals surface area (Å²) in [5.74, 6) is 0.0431. The Hall–Kier alpha value is -2.96. The van der Waals surface area contributed by atoms with Gasteiger partial charge in [-0.1, -0.05) is 6.07 Å². The fraction of sp³-hybridized carbons (Fsp3) is 0.607. The minimum Gasteiger partial charge on any atom is -0.478 e. The van der Waals surface area contributed by atoms with Crippen LogP contribution in [0.3, 0.4) is 0 Å². The highest BCUT2D eigenvalue weighted by Gasteiger charge is 2.34. The molecule has 0 saturated carbocycles. The lowest BCUT2D eigenvalue weighted by Crippen LogP contribution is -2.54. The van der Waals surface area contributed by atoms with Gasteiger partial charge >= 0.3 is 6.18 Å². The van der Waals surface area contributed by atoms with Gasteiger partial charge in [0.25, 0.3) is 11.8 Å². The number of ether oxygens (including phenoxy) is 3. The number of nitrogens with one attached hydrogen (secondary N) is 1. The molecular weight excluding hydrogens is 527 g/mol. The van der Waals surface area contributed by atoms with E-state index in [1.807, 2.05) is 4.90 Å². The third kappa shape index (κ3) is 5.89. The van der Waals surface area contributed by atoms with Crippen molar-refractivity contribution >= 4 is 11.6 Å². The van der Waals surface area contributed by atoms with Crippen LogP contribution >= 0.6 is 0 Å². The van der Waals surface area contributed by atoms with E-state index in [2.05, 4.69) is 15.5 Å². The molecule has 2 aromatic rings. The molecule has 3 aliphatic rings. The van der Waals surface area contributed by atoms with Crippen LogP contribution in [-0.4, -0.2) is 86.3 Å². The van der Waals surface area contributed by atoms with E-state index in [1.54, 1.807) is 25.0 Å². The number of halogens is 3. The van der Waals surface area contributed by atoms with Gasteiger partial charge in [0.2, 0.25) is 0 Å². The van der Waals surface area contributed by atoms with Crippen LogP contribution in [0.4, 0.5) is 18.9 Å². The van der Waals surface area contributed by atoms with Crippen molar-refractivity contribution in [2.75, 3.05) is 52.0 Å². The average molecular weight is 564 g/mol. The Morgan fingerprint density at radius 2 is 1.88 bits per heavy atom. The third-order valence-corrected chi connectivity index (χ3v) is 8.25. The highest BCUT2D eigenvalue weighted by atomic mass is 19.4. The zero-order chi connectivity index (χ0) is 28.4. The number of likely N-dealkylation sites (tertiary alicyclic amines) is 1. The van der Waals surface area contributed by atoms with E-state index in [0.717, 1.165) is 30.9 Å². The first kappa shape index (κ1) is 28.6. The monoisotopic (exact) mass is 563 g/mol. The summed E-state index contributed by atoms with van der Waals surface area (Å²) < 4.78 is 56.6. The Bertz CT molecular complexity index is 1220. The number of alkyl halides is 3. The van der Waals surface area contributed by atoms with Crippen molar-refractivity contribution < 1.29 is 32.2 Å². The van der Waals surface area contributed by atoms with Crippen LogP contribution in [0.1, 0.15) is 52.0 Å². The van der Waals surface area contributed by atoms with Crippen molar-refractivity contribution in [1.29, 1.82) is 0 Å². The molecule has 40 heavy (non-hydrogen) atoms. The smallest absolute Gasteiger partial charge is 0.416 e. The summed E-state index contributed by atoms with van der Waals surface area (Å²) in [6.07, 6.45) is -1.33. The number of carbonyl (C=O) groups is 1. The molecule has 12 heteroatoms. The number of aromatic nitrogens is 2. The van der Waals surface area contributed by atoms with Gasteiger partial charge < -0.3 is 29.3 Å². The van der Waals surface area contributed by atoms with Crippen LogP contribution in [0.25, 0.3) is 0 Å². The van der Waals surface area contributed by atoms with Gasteiger partial charge in [0.1, 0.15) is 5.69 Å². The fourth-order valence-corrected chi connectivity index (χ4v) is 5.96. The topological polar surface area (TPSA) is 89.1 Å². The highest BCUT2D eigenvalue weighted by molar-refractivity contribution is 5.95. The zero-order valence-corrected chi connectivity index (χ0v) is 23.1. The molecule has 0 radical (unpaired) electrons. The van der Waals surface area contributed by atoms with Crippen molar-refractivity contribution in [2.24, 2.45) is 0 Å². The molecule has 4 heterocycles. The molecule has 2 atom stereocenters. The summed E-state index contributed by atoms with van der Waals surface area (Å²) >= 11 is 0. The Morgan fingerprint density at radius 1 is 1.10 bits per heavy atom. The van der Waals surface area contributed by atoms with Crippen LogP contribution < -0.4 is 15.0 Å². The van der Waals surface area contributed by atoms with Gasteiger partial charge in [-0.25, -0.2) is 0 Å². The number of hydrogen-bond donors (Lipinski definition) is 1. The first-order valence-electron chi connectivity index (χ1n) is 13.7. The van der Waals surface area contributed by atoms with Gasteiger partial charge in [0.15, 0.2) is 5.69 Å².